The summed E-state index contributed by atoms with van der Waals surface area (Å²) in [7, 11) is 0. The molecule has 2 heteroatoms. The Labute approximate surface area is 99.0 Å². The number of benzene rings is 1. The lowest BCUT2D eigenvalue weighted by Gasteiger charge is -2.20. The van der Waals surface area contributed by atoms with Crippen LogP contribution in [0.1, 0.15) is 37.9 Å². The molecule has 1 aromatic rings. The molecule has 90 valence electrons. The highest BCUT2D eigenvalue weighted by Crippen LogP contribution is 2.15. The molecule has 0 amide bonds. The van der Waals surface area contributed by atoms with Crippen molar-refractivity contribution in [3.05, 3.63) is 35.4 Å². The van der Waals surface area contributed by atoms with Crippen molar-refractivity contribution in [1.82, 2.24) is 5.32 Å². The number of hydrogen-bond acceptors (Lipinski definition) is 2. The van der Waals surface area contributed by atoms with E-state index in [1.807, 2.05) is 0 Å². The van der Waals surface area contributed by atoms with Crippen molar-refractivity contribution in [3.63, 3.8) is 0 Å². The van der Waals surface area contributed by atoms with Gasteiger partial charge in [0.1, 0.15) is 0 Å². The minimum atomic E-state index is 0.283. The molecule has 1 atom stereocenters. The van der Waals surface area contributed by atoms with Gasteiger partial charge >= 0.3 is 0 Å². The Balaban J connectivity index is 2.68. The number of ether oxygens (including phenoxy) is 1. The lowest BCUT2D eigenvalue weighted by molar-refractivity contribution is 0.0614. The number of aryl methyl sites for hydroxylation is 1. The van der Waals surface area contributed by atoms with Crippen molar-refractivity contribution < 1.29 is 4.74 Å². The molecule has 1 unspecified atom stereocenters. The molecule has 0 aliphatic carbocycles. The third-order valence-electron chi connectivity index (χ3n) is 2.49. The van der Waals surface area contributed by atoms with E-state index in [9.17, 15) is 0 Å². The average Bonchev–Trinajstić information content (AvgIpc) is 2.24. The molecule has 0 saturated heterocycles. The molecular formula is C14H23NO. The van der Waals surface area contributed by atoms with Gasteiger partial charge in [-0.05, 0) is 32.9 Å². The van der Waals surface area contributed by atoms with Gasteiger partial charge in [0.2, 0.25) is 0 Å². The SMILES string of the molecule is CCNC(COC(C)C)c1cccc(C)c1. The fraction of sp³-hybridized carbons (Fsp3) is 0.571. The van der Waals surface area contributed by atoms with Gasteiger partial charge in [0.25, 0.3) is 0 Å². The van der Waals surface area contributed by atoms with E-state index in [-0.39, 0.29) is 6.10 Å². The molecule has 0 heterocycles. The average molecular weight is 221 g/mol. The van der Waals surface area contributed by atoms with E-state index in [4.69, 9.17) is 4.74 Å². The van der Waals surface area contributed by atoms with Crippen LogP contribution < -0.4 is 5.32 Å². The predicted molar refractivity (Wildman–Crippen MR) is 68.7 cm³/mol. The van der Waals surface area contributed by atoms with Crippen LogP contribution in [0.15, 0.2) is 24.3 Å². The zero-order valence-electron chi connectivity index (χ0n) is 10.8. The van der Waals surface area contributed by atoms with Gasteiger partial charge in [0.05, 0.1) is 18.8 Å². The van der Waals surface area contributed by atoms with Crippen molar-refractivity contribution in [2.24, 2.45) is 0 Å². The summed E-state index contributed by atoms with van der Waals surface area (Å²) in [6.45, 7) is 10.1. The van der Waals surface area contributed by atoms with Crippen molar-refractivity contribution in [2.45, 2.75) is 39.8 Å². The normalized spacial score (nSPS) is 13.1. The van der Waals surface area contributed by atoms with Gasteiger partial charge in [-0.1, -0.05) is 36.8 Å². The first-order chi connectivity index (χ1) is 7.63. The second-order valence-corrected chi connectivity index (χ2v) is 4.41. The molecule has 16 heavy (non-hydrogen) atoms. The molecule has 0 fully saturated rings. The summed E-state index contributed by atoms with van der Waals surface area (Å²) < 4.78 is 5.69. The van der Waals surface area contributed by atoms with E-state index >= 15 is 0 Å². The third kappa shape index (κ3) is 4.33. The van der Waals surface area contributed by atoms with Crippen LogP contribution in [0.2, 0.25) is 0 Å². The highest BCUT2D eigenvalue weighted by Gasteiger charge is 2.11. The van der Waals surface area contributed by atoms with Crippen LogP contribution in [-0.4, -0.2) is 19.3 Å². The smallest absolute Gasteiger partial charge is 0.0664 e. The quantitative estimate of drug-likeness (QED) is 0.797. The van der Waals surface area contributed by atoms with Gasteiger partial charge in [0.15, 0.2) is 0 Å². The fourth-order valence-corrected chi connectivity index (χ4v) is 1.69. The Morgan fingerprint density at radius 1 is 1.31 bits per heavy atom. The molecule has 1 N–H and O–H groups in total. The Morgan fingerprint density at radius 2 is 2.06 bits per heavy atom. The first-order valence-corrected chi connectivity index (χ1v) is 6.05. The van der Waals surface area contributed by atoms with Gasteiger partial charge in [-0.25, -0.2) is 0 Å². The maximum Gasteiger partial charge on any atom is 0.0664 e. The van der Waals surface area contributed by atoms with Crippen molar-refractivity contribution in [2.75, 3.05) is 13.2 Å². The number of hydrogen-bond donors (Lipinski definition) is 1. The zero-order valence-corrected chi connectivity index (χ0v) is 10.8. The monoisotopic (exact) mass is 221 g/mol. The number of rotatable bonds is 6. The van der Waals surface area contributed by atoms with Gasteiger partial charge in [0, 0.05) is 0 Å². The molecule has 1 rings (SSSR count). The first-order valence-electron chi connectivity index (χ1n) is 6.05. The number of nitrogens with one attached hydrogen (secondary N) is 1. The van der Waals surface area contributed by atoms with Gasteiger partial charge in [-0.3, -0.25) is 0 Å². The Hall–Kier alpha value is -0.860. The second kappa shape index (κ2) is 6.66. The predicted octanol–water partition coefficient (Wildman–Crippen LogP) is 3.07. The van der Waals surface area contributed by atoms with Gasteiger partial charge in [-0.15, -0.1) is 0 Å². The molecule has 0 aliphatic rings. The lowest BCUT2D eigenvalue weighted by Crippen LogP contribution is -2.26. The van der Waals surface area contributed by atoms with E-state index < -0.39 is 0 Å². The molecular weight excluding hydrogens is 198 g/mol. The fourth-order valence-electron chi connectivity index (χ4n) is 1.69. The standard InChI is InChI=1S/C14H23NO/c1-5-15-14(10-16-11(2)3)13-8-6-7-12(4)9-13/h6-9,11,14-15H,5,10H2,1-4H3. The van der Waals surface area contributed by atoms with E-state index in [0.717, 1.165) is 13.2 Å². The largest absolute Gasteiger partial charge is 0.377 e. The van der Waals surface area contributed by atoms with Crippen LogP contribution in [0.25, 0.3) is 0 Å². The van der Waals surface area contributed by atoms with Crippen LogP contribution in [0, 0.1) is 6.92 Å². The summed E-state index contributed by atoms with van der Waals surface area (Å²) in [4.78, 5) is 0. The topological polar surface area (TPSA) is 21.3 Å². The summed E-state index contributed by atoms with van der Waals surface area (Å²) in [6.07, 6.45) is 0.283. The van der Waals surface area contributed by atoms with Crippen molar-refractivity contribution >= 4 is 0 Å². The molecule has 2 nitrogen and oxygen atoms in total. The number of likely N-dealkylation sites (N-methyl/N-ethyl adjacent to an activating group) is 1. The molecule has 0 aromatic heterocycles. The highest BCUT2D eigenvalue weighted by molar-refractivity contribution is 5.25. The van der Waals surface area contributed by atoms with Crippen LogP contribution in [0.4, 0.5) is 0 Å². The van der Waals surface area contributed by atoms with E-state index in [0.29, 0.717) is 6.04 Å². The Bertz CT molecular complexity index is 309. The highest BCUT2D eigenvalue weighted by atomic mass is 16.5. The molecule has 0 spiro atoms. The summed E-state index contributed by atoms with van der Waals surface area (Å²) in [5.41, 5.74) is 2.60. The van der Waals surface area contributed by atoms with Crippen LogP contribution in [-0.2, 0) is 4.74 Å². The molecule has 0 radical (unpaired) electrons. The molecule has 0 aliphatic heterocycles. The van der Waals surface area contributed by atoms with Crippen LogP contribution in [0.3, 0.4) is 0 Å². The minimum absolute atomic E-state index is 0.283. The van der Waals surface area contributed by atoms with Crippen molar-refractivity contribution in [1.29, 1.82) is 0 Å². The van der Waals surface area contributed by atoms with Crippen LogP contribution in [0.5, 0.6) is 0 Å². The van der Waals surface area contributed by atoms with Gasteiger partial charge < -0.3 is 10.1 Å². The summed E-state index contributed by atoms with van der Waals surface area (Å²) in [5, 5.41) is 3.46. The van der Waals surface area contributed by atoms with Crippen LogP contribution >= 0.6 is 0 Å². The third-order valence-corrected chi connectivity index (χ3v) is 2.49. The van der Waals surface area contributed by atoms with Gasteiger partial charge in [-0.2, -0.15) is 0 Å². The van der Waals surface area contributed by atoms with E-state index in [1.165, 1.54) is 11.1 Å². The Kier molecular flexibility index (Phi) is 5.50. The lowest BCUT2D eigenvalue weighted by atomic mass is 10.1. The van der Waals surface area contributed by atoms with Crippen molar-refractivity contribution in [3.8, 4) is 0 Å². The maximum atomic E-state index is 5.69. The Morgan fingerprint density at radius 3 is 2.62 bits per heavy atom. The molecule has 0 bridgehead atoms. The summed E-state index contributed by atoms with van der Waals surface area (Å²) in [5.74, 6) is 0. The maximum absolute atomic E-state index is 5.69. The zero-order chi connectivity index (χ0) is 12.0. The molecule has 1 aromatic carbocycles. The van der Waals surface area contributed by atoms with E-state index in [1.54, 1.807) is 0 Å². The van der Waals surface area contributed by atoms with E-state index in [2.05, 4.69) is 57.3 Å². The summed E-state index contributed by atoms with van der Waals surface area (Å²) >= 11 is 0. The summed E-state index contributed by atoms with van der Waals surface area (Å²) in [6, 6.07) is 8.90. The minimum Gasteiger partial charge on any atom is -0.377 e. The molecule has 0 saturated carbocycles. The second-order valence-electron chi connectivity index (χ2n) is 4.41. The first kappa shape index (κ1) is 13.2.